The molecule has 0 atom stereocenters. The molecule has 2 N–H and O–H groups in total. The van der Waals surface area contributed by atoms with Crippen LogP contribution < -0.4 is 10.6 Å². The molecule has 1 heterocycles. The zero-order valence-electron chi connectivity index (χ0n) is 11.8. The summed E-state index contributed by atoms with van der Waals surface area (Å²) in [6.45, 7) is 0.175. The number of ether oxygens (including phenoxy) is 1. The fraction of sp³-hybridized carbons (Fsp3) is 0.133. The summed E-state index contributed by atoms with van der Waals surface area (Å²) in [4.78, 5) is 27.3. The molecule has 2 aromatic rings. The summed E-state index contributed by atoms with van der Waals surface area (Å²) in [6, 6.07) is 9.99. The number of benzene rings is 1. The third kappa shape index (κ3) is 4.46. The van der Waals surface area contributed by atoms with Crippen LogP contribution in [0.4, 0.5) is 10.5 Å². The van der Waals surface area contributed by atoms with Crippen molar-refractivity contribution in [2.45, 2.75) is 6.54 Å². The molecule has 0 saturated carbocycles. The zero-order valence-corrected chi connectivity index (χ0v) is 12.6. The van der Waals surface area contributed by atoms with E-state index >= 15 is 0 Å². The molecule has 0 radical (unpaired) electrons. The molecule has 1 aromatic heterocycles. The van der Waals surface area contributed by atoms with Crippen molar-refractivity contribution in [3.63, 3.8) is 0 Å². The monoisotopic (exact) mass is 319 g/mol. The van der Waals surface area contributed by atoms with E-state index < -0.39 is 6.09 Å². The van der Waals surface area contributed by atoms with Gasteiger partial charge in [-0.05, 0) is 36.4 Å². The zero-order chi connectivity index (χ0) is 15.9. The number of hydrogen-bond acceptors (Lipinski definition) is 4. The van der Waals surface area contributed by atoms with Gasteiger partial charge in [0.15, 0.2) is 0 Å². The maximum absolute atomic E-state index is 12.2. The smallest absolute Gasteiger partial charge is 0.407 e. The second-order valence-corrected chi connectivity index (χ2v) is 4.78. The van der Waals surface area contributed by atoms with Gasteiger partial charge in [0.2, 0.25) is 0 Å². The lowest BCUT2D eigenvalue weighted by molar-refractivity contribution is 0.102. The van der Waals surface area contributed by atoms with E-state index in [9.17, 15) is 9.59 Å². The third-order valence-corrected chi connectivity index (χ3v) is 3.03. The van der Waals surface area contributed by atoms with Crippen LogP contribution in [0.5, 0.6) is 0 Å². The van der Waals surface area contributed by atoms with Gasteiger partial charge in [-0.2, -0.15) is 0 Å². The predicted molar refractivity (Wildman–Crippen MR) is 82.9 cm³/mol. The molecule has 0 saturated heterocycles. The van der Waals surface area contributed by atoms with Crippen LogP contribution in [0.25, 0.3) is 0 Å². The summed E-state index contributed by atoms with van der Waals surface area (Å²) in [5.74, 6) is -0.274. The Morgan fingerprint density at radius 1 is 1.23 bits per heavy atom. The Morgan fingerprint density at radius 3 is 2.64 bits per heavy atom. The van der Waals surface area contributed by atoms with Gasteiger partial charge >= 0.3 is 6.09 Å². The predicted octanol–water partition coefficient (Wildman–Crippen LogP) is 2.84. The Bertz CT molecular complexity index is 674. The highest BCUT2D eigenvalue weighted by atomic mass is 35.5. The van der Waals surface area contributed by atoms with E-state index in [0.29, 0.717) is 22.0 Å². The number of pyridine rings is 1. The molecule has 2 rings (SSSR count). The van der Waals surface area contributed by atoms with Gasteiger partial charge < -0.3 is 15.4 Å². The molecule has 0 fully saturated rings. The van der Waals surface area contributed by atoms with E-state index in [0.717, 1.165) is 0 Å². The summed E-state index contributed by atoms with van der Waals surface area (Å²) in [6.07, 6.45) is 0.947. The van der Waals surface area contributed by atoms with Crippen LogP contribution in [-0.2, 0) is 11.3 Å². The molecule has 7 heteroatoms. The molecule has 1 aromatic carbocycles. The highest BCUT2D eigenvalue weighted by Gasteiger charge is 2.08. The van der Waals surface area contributed by atoms with E-state index in [1.165, 1.54) is 13.3 Å². The molecular formula is C15H14ClN3O3. The van der Waals surface area contributed by atoms with Gasteiger partial charge in [-0.1, -0.05) is 11.6 Å². The standard InChI is InChI=1S/C15H14ClN3O3/c1-22-15(21)18-9-13-8-10(6-7-17-13)14(20)19-12-4-2-11(16)3-5-12/h2-8H,9H2,1H3,(H,18,21)(H,19,20). The fourth-order valence-electron chi connectivity index (χ4n) is 1.69. The average molecular weight is 320 g/mol. The van der Waals surface area contributed by atoms with Crippen molar-refractivity contribution < 1.29 is 14.3 Å². The van der Waals surface area contributed by atoms with Gasteiger partial charge in [-0.3, -0.25) is 9.78 Å². The number of aromatic nitrogens is 1. The van der Waals surface area contributed by atoms with Crippen LogP contribution in [0.2, 0.25) is 5.02 Å². The first-order valence-corrected chi connectivity index (χ1v) is 6.80. The van der Waals surface area contributed by atoms with E-state index in [1.54, 1.807) is 36.4 Å². The summed E-state index contributed by atoms with van der Waals surface area (Å²) >= 11 is 5.79. The normalized spacial score (nSPS) is 9.91. The van der Waals surface area contributed by atoms with Crippen LogP contribution in [-0.4, -0.2) is 24.1 Å². The fourth-order valence-corrected chi connectivity index (χ4v) is 1.81. The van der Waals surface area contributed by atoms with Crippen LogP contribution in [0.1, 0.15) is 16.1 Å². The quantitative estimate of drug-likeness (QED) is 0.908. The number of amides is 2. The number of carbonyl (C=O) groups excluding carboxylic acids is 2. The first-order chi connectivity index (χ1) is 10.6. The van der Waals surface area contributed by atoms with Crippen LogP contribution in [0.3, 0.4) is 0 Å². The van der Waals surface area contributed by atoms with Gasteiger partial charge in [0, 0.05) is 22.5 Å². The minimum absolute atomic E-state index is 0.175. The summed E-state index contributed by atoms with van der Waals surface area (Å²) < 4.78 is 4.47. The highest BCUT2D eigenvalue weighted by molar-refractivity contribution is 6.30. The van der Waals surface area contributed by atoms with E-state index in [1.807, 2.05) is 0 Å². The molecule has 2 amide bonds. The number of anilines is 1. The molecule has 0 aliphatic rings. The first kappa shape index (κ1) is 15.8. The number of nitrogens with zero attached hydrogens (tertiary/aromatic N) is 1. The molecule has 114 valence electrons. The van der Waals surface area contributed by atoms with Crippen molar-refractivity contribution in [1.29, 1.82) is 0 Å². The largest absolute Gasteiger partial charge is 0.453 e. The molecule has 0 aliphatic carbocycles. The van der Waals surface area contributed by atoms with Crippen LogP contribution in [0.15, 0.2) is 42.6 Å². The molecule has 0 aliphatic heterocycles. The Kier molecular flexibility index (Phi) is 5.32. The minimum Gasteiger partial charge on any atom is -0.453 e. The molecule has 22 heavy (non-hydrogen) atoms. The number of carbonyl (C=O) groups is 2. The second kappa shape index (κ2) is 7.42. The number of alkyl carbamates (subject to hydrolysis) is 1. The molecule has 0 spiro atoms. The summed E-state index contributed by atoms with van der Waals surface area (Å²) in [7, 11) is 1.28. The van der Waals surface area contributed by atoms with Crippen molar-refractivity contribution in [3.05, 3.63) is 58.9 Å². The van der Waals surface area contributed by atoms with Gasteiger partial charge in [0.25, 0.3) is 5.91 Å². The van der Waals surface area contributed by atoms with Crippen LogP contribution >= 0.6 is 11.6 Å². The molecular weight excluding hydrogens is 306 g/mol. The molecule has 6 nitrogen and oxygen atoms in total. The van der Waals surface area contributed by atoms with Gasteiger partial charge in [0.1, 0.15) is 0 Å². The third-order valence-electron chi connectivity index (χ3n) is 2.78. The number of nitrogens with one attached hydrogen (secondary N) is 2. The van der Waals surface area contributed by atoms with Crippen LogP contribution in [0, 0.1) is 0 Å². The van der Waals surface area contributed by atoms with Crippen molar-refractivity contribution in [3.8, 4) is 0 Å². The lowest BCUT2D eigenvalue weighted by Gasteiger charge is -2.07. The molecule has 0 unspecified atom stereocenters. The van der Waals surface area contributed by atoms with Crippen molar-refractivity contribution in [2.75, 3.05) is 12.4 Å². The lowest BCUT2D eigenvalue weighted by Crippen LogP contribution is -2.23. The van der Waals surface area contributed by atoms with Gasteiger partial charge in [0.05, 0.1) is 19.3 Å². The first-order valence-electron chi connectivity index (χ1n) is 6.42. The Labute approximate surface area is 132 Å². The van der Waals surface area contributed by atoms with Crippen molar-refractivity contribution in [2.24, 2.45) is 0 Å². The summed E-state index contributed by atoms with van der Waals surface area (Å²) in [5.41, 5.74) is 1.63. The van der Waals surface area contributed by atoms with E-state index in [2.05, 4.69) is 20.4 Å². The average Bonchev–Trinajstić information content (AvgIpc) is 2.55. The number of rotatable bonds is 4. The number of halogens is 1. The number of hydrogen-bond donors (Lipinski definition) is 2. The minimum atomic E-state index is -0.558. The lowest BCUT2D eigenvalue weighted by atomic mass is 10.2. The van der Waals surface area contributed by atoms with Crippen molar-refractivity contribution in [1.82, 2.24) is 10.3 Å². The van der Waals surface area contributed by atoms with E-state index in [4.69, 9.17) is 11.6 Å². The van der Waals surface area contributed by atoms with E-state index in [-0.39, 0.29) is 12.5 Å². The van der Waals surface area contributed by atoms with Gasteiger partial charge in [-0.15, -0.1) is 0 Å². The highest BCUT2D eigenvalue weighted by Crippen LogP contribution is 2.14. The molecule has 0 bridgehead atoms. The Hall–Kier alpha value is -2.60. The SMILES string of the molecule is COC(=O)NCc1cc(C(=O)Nc2ccc(Cl)cc2)ccn1. The topological polar surface area (TPSA) is 80.3 Å². The maximum Gasteiger partial charge on any atom is 0.407 e. The summed E-state index contributed by atoms with van der Waals surface area (Å²) in [5, 5.41) is 5.85. The second-order valence-electron chi connectivity index (χ2n) is 4.34. The maximum atomic E-state index is 12.2. The Morgan fingerprint density at radius 2 is 1.95 bits per heavy atom. The van der Waals surface area contributed by atoms with Gasteiger partial charge in [-0.25, -0.2) is 4.79 Å². The van der Waals surface area contributed by atoms with Crippen molar-refractivity contribution >= 4 is 29.3 Å². The Balaban J connectivity index is 2.03. The number of methoxy groups -OCH3 is 1.